The van der Waals surface area contributed by atoms with E-state index in [9.17, 15) is 9.59 Å². The molecule has 2 saturated heterocycles. The maximum Gasteiger partial charge on any atom is 0.322 e. The highest BCUT2D eigenvalue weighted by atomic mass is 16.2. The summed E-state index contributed by atoms with van der Waals surface area (Å²) in [6, 6.07) is 11.4. The lowest BCUT2D eigenvalue weighted by molar-refractivity contribution is 0.0606. The van der Waals surface area contributed by atoms with Crippen LogP contribution in [0.3, 0.4) is 0 Å². The van der Waals surface area contributed by atoms with Gasteiger partial charge in [-0.15, -0.1) is 0 Å². The minimum Gasteiger partial charge on any atom is -0.336 e. The number of hydrogen-bond donors (Lipinski definition) is 1. The molecule has 0 spiro atoms. The maximum atomic E-state index is 13.3. The molecule has 3 amide bonds. The largest absolute Gasteiger partial charge is 0.336 e. The van der Waals surface area contributed by atoms with Crippen molar-refractivity contribution in [2.75, 3.05) is 24.5 Å². The van der Waals surface area contributed by atoms with Gasteiger partial charge in [0.2, 0.25) is 0 Å². The van der Waals surface area contributed by atoms with Crippen molar-refractivity contribution in [1.29, 1.82) is 0 Å². The second kappa shape index (κ2) is 7.39. The number of nitrogens with zero attached hydrogens (tertiary/aromatic N) is 3. The molecule has 1 aromatic carbocycles. The van der Waals surface area contributed by atoms with Gasteiger partial charge in [-0.3, -0.25) is 14.7 Å². The van der Waals surface area contributed by atoms with E-state index in [1.165, 1.54) is 0 Å². The molecule has 2 aliphatic rings. The summed E-state index contributed by atoms with van der Waals surface area (Å²) < 4.78 is 0. The average Bonchev–Trinajstić information content (AvgIpc) is 3.14. The molecule has 4 rings (SSSR count). The Labute approximate surface area is 159 Å². The Morgan fingerprint density at radius 3 is 2.81 bits per heavy atom. The third-order valence-corrected chi connectivity index (χ3v) is 5.40. The number of aromatic nitrogens is 1. The van der Waals surface area contributed by atoms with E-state index >= 15 is 0 Å². The van der Waals surface area contributed by atoms with E-state index in [-0.39, 0.29) is 18.0 Å². The van der Waals surface area contributed by atoms with Crippen molar-refractivity contribution < 1.29 is 9.59 Å². The molecule has 0 radical (unpaired) electrons. The van der Waals surface area contributed by atoms with Gasteiger partial charge in [-0.25, -0.2) is 4.79 Å². The number of carbonyl (C=O) groups is 2. The van der Waals surface area contributed by atoms with Crippen LogP contribution in [0.25, 0.3) is 0 Å². The van der Waals surface area contributed by atoms with Gasteiger partial charge >= 0.3 is 6.03 Å². The lowest BCUT2D eigenvalue weighted by Crippen LogP contribution is -2.39. The lowest BCUT2D eigenvalue weighted by atomic mass is 9.97. The Kier molecular flexibility index (Phi) is 4.79. The van der Waals surface area contributed by atoms with Crippen molar-refractivity contribution in [2.24, 2.45) is 0 Å². The quantitative estimate of drug-likeness (QED) is 0.909. The molecule has 3 heterocycles. The van der Waals surface area contributed by atoms with Crippen molar-refractivity contribution in [1.82, 2.24) is 15.2 Å². The number of amides is 3. The molecule has 1 aromatic heterocycles. The monoisotopic (exact) mass is 364 g/mol. The van der Waals surface area contributed by atoms with Crippen LogP contribution in [0, 0.1) is 6.92 Å². The molecule has 0 aliphatic carbocycles. The number of anilines is 1. The van der Waals surface area contributed by atoms with Gasteiger partial charge in [0.15, 0.2) is 0 Å². The Morgan fingerprint density at radius 1 is 1.19 bits per heavy atom. The Bertz CT molecular complexity index is 853. The third kappa shape index (κ3) is 3.39. The van der Waals surface area contributed by atoms with Crippen LogP contribution in [0.5, 0.6) is 0 Å². The van der Waals surface area contributed by atoms with Crippen LogP contribution < -0.4 is 10.2 Å². The van der Waals surface area contributed by atoms with Crippen molar-refractivity contribution in [3.63, 3.8) is 0 Å². The highest BCUT2D eigenvalue weighted by Gasteiger charge is 2.30. The van der Waals surface area contributed by atoms with Crippen LogP contribution in [-0.2, 0) is 0 Å². The first-order valence-corrected chi connectivity index (χ1v) is 9.53. The number of piperidine rings is 1. The van der Waals surface area contributed by atoms with Gasteiger partial charge in [-0.2, -0.15) is 0 Å². The Hall–Kier alpha value is -2.89. The molecular weight excluding hydrogens is 340 g/mol. The van der Waals surface area contributed by atoms with Crippen LogP contribution in [-0.4, -0.2) is 41.5 Å². The average molecular weight is 364 g/mol. The van der Waals surface area contributed by atoms with Crippen molar-refractivity contribution in [3.8, 4) is 0 Å². The van der Waals surface area contributed by atoms with Crippen LogP contribution >= 0.6 is 0 Å². The smallest absolute Gasteiger partial charge is 0.322 e. The number of pyridine rings is 1. The minimum atomic E-state index is -0.105. The molecular formula is C21H24N4O2. The molecule has 140 valence electrons. The van der Waals surface area contributed by atoms with E-state index < -0.39 is 0 Å². The van der Waals surface area contributed by atoms with Gasteiger partial charge in [0.05, 0.1) is 11.7 Å². The van der Waals surface area contributed by atoms with Gasteiger partial charge in [0.25, 0.3) is 5.91 Å². The molecule has 0 bridgehead atoms. The van der Waals surface area contributed by atoms with Crippen LogP contribution in [0.2, 0.25) is 0 Å². The van der Waals surface area contributed by atoms with Gasteiger partial charge < -0.3 is 10.2 Å². The molecule has 0 unspecified atom stereocenters. The normalized spacial score (nSPS) is 19.9. The number of carbonyl (C=O) groups excluding carboxylic acids is 2. The summed E-state index contributed by atoms with van der Waals surface area (Å²) in [6.07, 6.45) is 4.80. The fourth-order valence-corrected chi connectivity index (χ4v) is 3.96. The third-order valence-electron chi connectivity index (χ3n) is 5.40. The predicted molar refractivity (Wildman–Crippen MR) is 104 cm³/mol. The number of rotatable bonds is 3. The molecule has 6 heteroatoms. The van der Waals surface area contributed by atoms with E-state index in [1.807, 2.05) is 48.2 Å². The highest BCUT2D eigenvalue weighted by molar-refractivity contribution is 5.99. The number of aryl methyl sites for hydroxylation is 1. The number of hydrogen-bond acceptors (Lipinski definition) is 3. The summed E-state index contributed by atoms with van der Waals surface area (Å²) in [4.78, 5) is 33.5. The van der Waals surface area contributed by atoms with Crippen molar-refractivity contribution in [2.45, 2.75) is 32.2 Å². The van der Waals surface area contributed by atoms with E-state index in [1.54, 1.807) is 11.1 Å². The van der Waals surface area contributed by atoms with Crippen LogP contribution in [0.4, 0.5) is 10.5 Å². The molecule has 2 aromatic rings. The second-order valence-electron chi connectivity index (χ2n) is 7.15. The van der Waals surface area contributed by atoms with Crippen molar-refractivity contribution in [3.05, 3.63) is 59.4 Å². The number of benzene rings is 1. The molecule has 0 saturated carbocycles. The minimum absolute atomic E-state index is 0.00575. The standard InChI is InChI=1S/C21H24N4O2/c1-15-8-9-16(14-19(15)25-13-11-23-21(25)27)20(26)24-12-5-3-7-18(24)17-6-2-4-10-22-17/h2,4,6,8-10,14,18H,3,5,7,11-13H2,1H3,(H,23,27)/t18-/m0/s1. The lowest BCUT2D eigenvalue weighted by Gasteiger charge is -2.35. The molecule has 6 nitrogen and oxygen atoms in total. The van der Waals surface area contributed by atoms with Crippen LogP contribution in [0.1, 0.15) is 46.9 Å². The predicted octanol–water partition coefficient (Wildman–Crippen LogP) is 3.29. The summed E-state index contributed by atoms with van der Waals surface area (Å²) in [5.74, 6) is 0.00575. The van der Waals surface area contributed by atoms with Crippen LogP contribution in [0.15, 0.2) is 42.6 Å². The summed E-state index contributed by atoms with van der Waals surface area (Å²) in [5.41, 5.74) is 3.36. The summed E-state index contributed by atoms with van der Waals surface area (Å²) in [5, 5.41) is 2.82. The van der Waals surface area contributed by atoms with Gasteiger partial charge in [-0.1, -0.05) is 12.1 Å². The van der Waals surface area contributed by atoms with E-state index in [0.29, 0.717) is 18.7 Å². The summed E-state index contributed by atoms with van der Waals surface area (Å²) >= 11 is 0. The maximum absolute atomic E-state index is 13.3. The van der Waals surface area contributed by atoms with Crippen molar-refractivity contribution >= 4 is 17.6 Å². The zero-order chi connectivity index (χ0) is 18.8. The SMILES string of the molecule is Cc1ccc(C(=O)N2CCCC[C@H]2c2ccccn2)cc1N1CCNC1=O. The number of likely N-dealkylation sites (tertiary alicyclic amines) is 1. The second-order valence-corrected chi connectivity index (χ2v) is 7.15. The number of urea groups is 1. The number of nitrogens with one attached hydrogen (secondary N) is 1. The zero-order valence-corrected chi connectivity index (χ0v) is 15.5. The summed E-state index contributed by atoms with van der Waals surface area (Å²) in [6.45, 7) is 3.95. The fourth-order valence-electron chi connectivity index (χ4n) is 3.96. The molecule has 27 heavy (non-hydrogen) atoms. The van der Waals surface area contributed by atoms with Gasteiger partial charge in [0, 0.05) is 37.1 Å². The first-order chi connectivity index (χ1) is 13.1. The fraction of sp³-hybridized carbons (Fsp3) is 0.381. The van der Waals surface area contributed by atoms with E-state index in [2.05, 4.69) is 10.3 Å². The van der Waals surface area contributed by atoms with E-state index in [4.69, 9.17) is 0 Å². The topological polar surface area (TPSA) is 65.5 Å². The zero-order valence-electron chi connectivity index (χ0n) is 15.5. The van der Waals surface area contributed by atoms with E-state index in [0.717, 1.165) is 42.8 Å². The highest BCUT2D eigenvalue weighted by Crippen LogP contribution is 2.32. The first-order valence-electron chi connectivity index (χ1n) is 9.53. The first kappa shape index (κ1) is 17.5. The molecule has 1 atom stereocenters. The molecule has 1 N–H and O–H groups in total. The van der Waals surface area contributed by atoms with Gasteiger partial charge in [0.1, 0.15) is 0 Å². The molecule has 2 aliphatic heterocycles. The molecule has 2 fully saturated rings. The summed E-state index contributed by atoms with van der Waals surface area (Å²) in [7, 11) is 0. The van der Waals surface area contributed by atoms with Gasteiger partial charge in [-0.05, 0) is 56.0 Å². The Morgan fingerprint density at radius 2 is 2.07 bits per heavy atom. The Balaban J connectivity index is 1.64.